The molecule has 100 valence electrons. The van der Waals surface area contributed by atoms with Gasteiger partial charge < -0.3 is 18.3 Å². The van der Waals surface area contributed by atoms with Crippen LogP contribution in [-0.2, 0) is 9.47 Å². The van der Waals surface area contributed by atoms with Crippen LogP contribution in [0.1, 0.15) is 21.1 Å². The van der Waals surface area contributed by atoms with Crippen LogP contribution in [0.4, 0.5) is 0 Å². The van der Waals surface area contributed by atoms with Crippen LogP contribution in [0.15, 0.2) is 45.6 Å². The average Bonchev–Trinajstić information content (AvgIpc) is 3.10. The Bertz CT molecular complexity index is 468. The van der Waals surface area contributed by atoms with Gasteiger partial charge in [-0.05, 0) is 24.3 Å². The Kier molecular flexibility index (Phi) is 4.35. The van der Waals surface area contributed by atoms with E-state index in [4.69, 9.17) is 18.3 Å². The molecule has 0 bridgehead atoms. The van der Waals surface area contributed by atoms with Gasteiger partial charge in [-0.1, -0.05) is 0 Å². The van der Waals surface area contributed by atoms with Crippen LogP contribution in [-0.4, -0.2) is 25.4 Å². The zero-order valence-electron chi connectivity index (χ0n) is 9.83. The molecule has 1 N–H and O–H groups in total. The standard InChI is InChI=1S/C12H11NO6/c14-11(9-3-1-5-16-9)18-7-13-8-19-12(15)10-4-2-6-17-10/h1-6,13H,7-8H2. The number of ether oxygens (including phenoxy) is 2. The molecule has 2 aromatic rings. The first-order valence-electron chi connectivity index (χ1n) is 5.39. The van der Waals surface area contributed by atoms with Crippen molar-refractivity contribution in [2.75, 3.05) is 13.5 Å². The van der Waals surface area contributed by atoms with Crippen molar-refractivity contribution < 1.29 is 27.9 Å². The highest BCUT2D eigenvalue weighted by Crippen LogP contribution is 2.02. The van der Waals surface area contributed by atoms with E-state index < -0.39 is 11.9 Å². The molecule has 2 heterocycles. The smallest absolute Gasteiger partial charge is 0.375 e. The van der Waals surface area contributed by atoms with E-state index in [1.165, 1.54) is 24.7 Å². The van der Waals surface area contributed by atoms with Crippen molar-refractivity contribution >= 4 is 11.9 Å². The van der Waals surface area contributed by atoms with Crippen LogP contribution in [0.25, 0.3) is 0 Å². The second-order valence-electron chi connectivity index (χ2n) is 3.36. The van der Waals surface area contributed by atoms with Gasteiger partial charge in [-0.15, -0.1) is 0 Å². The highest BCUT2D eigenvalue weighted by molar-refractivity contribution is 5.86. The fourth-order valence-corrected chi connectivity index (χ4v) is 1.21. The molecule has 0 spiro atoms. The molecule has 0 aromatic carbocycles. The number of carbonyl (C=O) groups is 2. The van der Waals surface area contributed by atoms with Crippen LogP contribution in [0.5, 0.6) is 0 Å². The van der Waals surface area contributed by atoms with Crippen molar-refractivity contribution in [2.24, 2.45) is 0 Å². The quantitative estimate of drug-likeness (QED) is 0.479. The molecule has 0 unspecified atom stereocenters. The molecule has 2 aromatic heterocycles. The van der Waals surface area contributed by atoms with Gasteiger partial charge >= 0.3 is 11.9 Å². The fourth-order valence-electron chi connectivity index (χ4n) is 1.21. The van der Waals surface area contributed by atoms with Gasteiger partial charge in [0.25, 0.3) is 0 Å². The molecule has 0 saturated carbocycles. The Balaban J connectivity index is 1.60. The van der Waals surface area contributed by atoms with Crippen LogP contribution in [0, 0.1) is 0 Å². The average molecular weight is 265 g/mol. The first-order chi connectivity index (χ1) is 9.27. The summed E-state index contributed by atoms with van der Waals surface area (Å²) < 4.78 is 19.3. The molecule has 0 aliphatic rings. The molecule has 7 nitrogen and oxygen atoms in total. The maximum Gasteiger partial charge on any atom is 0.375 e. The van der Waals surface area contributed by atoms with Crippen LogP contribution < -0.4 is 5.32 Å². The van der Waals surface area contributed by atoms with E-state index in [9.17, 15) is 9.59 Å². The molecule has 0 radical (unpaired) electrons. The number of carbonyl (C=O) groups excluding carboxylic acids is 2. The summed E-state index contributed by atoms with van der Waals surface area (Å²) in [6.07, 6.45) is 2.74. The zero-order chi connectivity index (χ0) is 13.5. The van der Waals surface area contributed by atoms with Gasteiger partial charge in [-0.25, -0.2) is 9.59 Å². The molecule has 7 heteroatoms. The summed E-state index contributed by atoms with van der Waals surface area (Å²) in [4.78, 5) is 22.6. The van der Waals surface area contributed by atoms with Gasteiger partial charge in [0, 0.05) is 0 Å². The number of furan rings is 2. The van der Waals surface area contributed by atoms with E-state index in [1.54, 1.807) is 12.1 Å². The number of hydrogen-bond donors (Lipinski definition) is 1. The summed E-state index contributed by atoms with van der Waals surface area (Å²) in [5.41, 5.74) is 0. The van der Waals surface area contributed by atoms with Crippen molar-refractivity contribution in [3.63, 3.8) is 0 Å². The second kappa shape index (κ2) is 6.41. The Morgan fingerprint density at radius 3 is 1.79 bits per heavy atom. The van der Waals surface area contributed by atoms with Crippen molar-refractivity contribution in [1.82, 2.24) is 5.32 Å². The predicted molar refractivity (Wildman–Crippen MR) is 61.1 cm³/mol. The Hall–Kier alpha value is -2.54. The topological polar surface area (TPSA) is 90.9 Å². The third kappa shape index (κ3) is 3.71. The summed E-state index contributed by atoms with van der Waals surface area (Å²) >= 11 is 0. The molecule has 0 amide bonds. The van der Waals surface area contributed by atoms with E-state index in [2.05, 4.69) is 5.32 Å². The highest BCUT2D eigenvalue weighted by Gasteiger charge is 2.11. The maximum absolute atomic E-state index is 11.3. The normalized spacial score (nSPS) is 10.1. The summed E-state index contributed by atoms with van der Waals surface area (Å²) in [5.74, 6) is -0.992. The SMILES string of the molecule is O=C(OCNCOC(=O)c1ccco1)c1ccco1. The van der Waals surface area contributed by atoms with Gasteiger partial charge in [0.05, 0.1) is 12.5 Å². The third-order valence-corrected chi connectivity index (χ3v) is 2.06. The molecular formula is C12H11NO6. The molecule has 0 aliphatic heterocycles. The predicted octanol–water partition coefficient (Wildman–Crippen LogP) is 1.39. The second-order valence-corrected chi connectivity index (χ2v) is 3.36. The monoisotopic (exact) mass is 265 g/mol. The van der Waals surface area contributed by atoms with Gasteiger partial charge in [0.1, 0.15) is 13.5 Å². The molecule has 0 aliphatic carbocycles. The van der Waals surface area contributed by atoms with E-state index in [1.807, 2.05) is 0 Å². The minimum atomic E-state index is -0.602. The molecule has 0 fully saturated rings. The lowest BCUT2D eigenvalue weighted by Crippen LogP contribution is -2.25. The zero-order valence-corrected chi connectivity index (χ0v) is 9.83. The minimum Gasteiger partial charge on any atom is -0.457 e. The first kappa shape index (κ1) is 12.9. The van der Waals surface area contributed by atoms with Crippen molar-refractivity contribution in [1.29, 1.82) is 0 Å². The van der Waals surface area contributed by atoms with Gasteiger partial charge in [-0.2, -0.15) is 0 Å². The van der Waals surface area contributed by atoms with Gasteiger partial charge in [-0.3, -0.25) is 5.32 Å². The largest absolute Gasteiger partial charge is 0.457 e. The third-order valence-electron chi connectivity index (χ3n) is 2.06. The lowest BCUT2D eigenvalue weighted by molar-refractivity contribution is 0.0291. The maximum atomic E-state index is 11.3. The van der Waals surface area contributed by atoms with E-state index in [0.29, 0.717) is 0 Å². The van der Waals surface area contributed by atoms with Gasteiger partial charge in [0.2, 0.25) is 11.5 Å². The van der Waals surface area contributed by atoms with Crippen molar-refractivity contribution in [3.8, 4) is 0 Å². The Morgan fingerprint density at radius 2 is 1.42 bits per heavy atom. The first-order valence-corrected chi connectivity index (χ1v) is 5.39. The molecule has 2 rings (SSSR count). The minimum absolute atomic E-state index is 0.106. The number of nitrogens with one attached hydrogen (secondary N) is 1. The summed E-state index contributed by atoms with van der Waals surface area (Å²) in [7, 11) is 0. The molecule has 19 heavy (non-hydrogen) atoms. The number of esters is 2. The lowest BCUT2D eigenvalue weighted by Gasteiger charge is -2.05. The van der Waals surface area contributed by atoms with Crippen LogP contribution in [0.3, 0.4) is 0 Å². The number of rotatable bonds is 6. The molecular weight excluding hydrogens is 254 g/mol. The van der Waals surface area contributed by atoms with E-state index >= 15 is 0 Å². The van der Waals surface area contributed by atoms with E-state index in [0.717, 1.165) is 0 Å². The fraction of sp³-hybridized carbons (Fsp3) is 0.167. The summed E-state index contributed by atoms with van der Waals surface area (Å²) in [6, 6.07) is 6.13. The van der Waals surface area contributed by atoms with E-state index in [-0.39, 0.29) is 25.0 Å². The lowest BCUT2D eigenvalue weighted by atomic mass is 10.5. The summed E-state index contributed by atoms with van der Waals surface area (Å²) in [5, 5.41) is 2.60. The number of hydrogen-bond acceptors (Lipinski definition) is 7. The highest BCUT2D eigenvalue weighted by atomic mass is 16.6. The molecule has 0 atom stereocenters. The van der Waals surface area contributed by atoms with Crippen molar-refractivity contribution in [2.45, 2.75) is 0 Å². The van der Waals surface area contributed by atoms with Crippen molar-refractivity contribution in [3.05, 3.63) is 48.3 Å². The molecule has 0 saturated heterocycles. The Morgan fingerprint density at radius 1 is 0.947 bits per heavy atom. The van der Waals surface area contributed by atoms with Crippen LogP contribution in [0.2, 0.25) is 0 Å². The Labute approximate surface area is 108 Å². The van der Waals surface area contributed by atoms with Crippen LogP contribution >= 0.6 is 0 Å². The van der Waals surface area contributed by atoms with Gasteiger partial charge in [0.15, 0.2) is 0 Å². The summed E-state index contributed by atoms with van der Waals surface area (Å²) in [6.45, 7) is -0.212.